The highest BCUT2D eigenvalue weighted by molar-refractivity contribution is 5.93. The molecule has 3 aromatic rings. The van der Waals surface area contributed by atoms with Gasteiger partial charge in [-0.15, -0.1) is 0 Å². The van der Waals surface area contributed by atoms with Crippen molar-refractivity contribution in [3.63, 3.8) is 0 Å². The number of hydrogen-bond donors (Lipinski definition) is 1. The molecule has 0 aliphatic rings. The number of aromatic nitrogens is 2. The minimum Gasteiger partial charge on any atom is -0.463 e. The number of carbonyl (C=O) groups is 1. The second-order valence-electron chi connectivity index (χ2n) is 5.00. The first kappa shape index (κ1) is 15.1. The summed E-state index contributed by atoms with van der Waals surface area (Å²) in [4.78, 5) is 17.3. The van der Waals surface area contributed by atoms with E-state index in [-0.39, 0.29) is 5.91 Å². The van der Waals surface area contributed by atoms with E-state index in [1.807, 2.05) is 31.2 Å². The van der Waals surface area contributed by atoms with Gasteiger partial charge in [0.25, 0.3) is 5.91 Å². The average Bonchev–Trinajstić information content (AvgIpc) is 3.22. The molecule has 0 saturated carbocycles. The smallest absolute Gasteiger partial charge is 0.293 e. The molecule has 0 atom stereocenters. The molecule has 0 unspecified atom stereocenters. The Labute approximate surface area is 133 Å². The molecule has 0 radical (unpaired) electrons. The van der Waals surface area contributed by atoms with E-state index in [9.17, 15) is 4.79 Å². The first-order valence-corrected chi connectivity index (χ1v) is 7.32. The number of amides is 1. The van der Waals surface area contributed by atoms with Gasteiger partial charge in [-0.3, -0.25) is 9.63 Å². The third-order valence-corrected chi connectivity index (χ3v) is 3.30. The molecule has 118 valence electrons. The van der Waals surface area contributed by atoms with Crippen LogP contribution >= 0.6 is 0 Å². The van der Waals surface area contributed by atoms with E-state index in [0.29, 0.717) is 23.8 Å². The maximum absolute atomic E-state index is 12.3. The van der Waals surface area contributed by atoms with Crippen LogP contribution in [-0.2, 0) is 4.84 Å². The molecule has 23 heavy (non-hydrogen) atoms. The van der Waals surface area contributed by atoms with Gasteiger partial charge >= 0.3 is 0 Å². The molecular weight excluding hydrogens is 294 g/mol. The Hall–Kier alpha value is -2.86. The lowest BCUT2D eigenvalue weighted by molar-refractivity contribution is 0.0357. The van der Waals surface area contributed by atoms with Crippen LogP contribution in [0.3, 0.4) is 0 Å². The molecule has 1 aromatic carbocycles. The number of nitrogens with zero attached hydrogens (tertiary/aromatic N) is 2. The normalized spacial score (nSPS) is 10.7. The third-order valence-electron chi connectivity index (χ3n) is 3.30. The van der Waals surface area contributed by atoms with Gasteiger partial charge in [-0.2, -0.15) is 5.10 Å². The van der Waals surface area contributed by atoms with Gasteiger partial charge in [-0.05, 0) is 38.1 Å². The molecule has 2 aromatic heterocycles. The second-order valence-corrected chi connectivity index (χ2v) is 5.00. The van der Waals surface area contributed by atoms with Gasteiger partial charge in [0.05, 0.1) is 18.6 Å². The lowest BCUT2D eigenvalue weighted by Crippen LogP contribution is -2.26. The summed E-state index contributed by atoms with van der Waals surface area (Å²) in [5.41, 5.74) is 5.27. The highest BCUT2D eigenvalue weighted by atomic mass is 16.6. The highest BCUT2D eigenvalue weighted by Crippen LogP contribution is 2.22. The molecule has 1 N–H and O–H groups in total. The Morgan fingerprint density at radius 2 is 2.09 bits per heavy atom. The molecule has 0 saturated heterocycles. The van der Waals surface area contributed by atoms with Crippen molar-refractivity contribution in [3.05, 3.63) is 60.0 Å². The lowest BCUT2D eigenvalue weighted by Gasteiger charge is -2.07. The molecule has 6 heteroatoms. The maximum atomic E-state index is 12.3. The lowest BCUT2D eigenvalue weighted by atomic mass is 10.2. The van der Waals surface area contributed by atoms with Crippen LogP contribution in [0.4, 0.5) is 0 Å². The Morgan fingerprint density at radius 3 is 2.74 bits per heavy atom. The Balaban J connectivity index is 2.04. The van der Waals surface area contributed by atoms with Crippen molar-refractivity contribution in [2.75, 3.05) is 6.61 Å². The van der Waals surface area contributed by atoms with E-state index in [2.05, 4.69) is 10.6 Å². The number of benzene rings is 1. The second kappa shape index (κ2) is 6.50. The topological polar surface area (TPSA) is 69.3 Å². The van der Waals surface area contributed by atoms with E-state index in [1.54, 1.807) is 36.1 Å². The highest BCUT2D eigenvalue weighted by Gasteiger charge is 2.18. The van der Waals surface area contributed by atoms with Crippen LogP contribution in [-0.4, -0.2) is 22.3 Å². The first-order chi connectivity index (χ1) is 11.2. The van der Waals surface area contributed by atoms with Crippen LogP contribution in [0.5, 0.6) is 0 Å². The zero-order valence-electron chi connectivity index (χ0n) is 12.9. The number of carbonyl (C=O) groups excluding carboxylic acids is 1. The summed E-state index contributed by atoms with van der Waals surface area (Å²) in [6.07, 6.45) is 1.57. The van der Waals surface area contributed by atoms with Crippen molar-refractivity contribution in [1.29, 1.82) is 0 Å². The molecule has 0 aliphatic carbocycles. The van der Waals surface area contributed by atoms with Gasteiger partial charge < -0.3 is 4.42 Å². The van der Waals surface area contributed by atoms with Crippen LogP contribution in [0.1, 0.15) is 23.0 Å². The summed E-state index contributed by atoms with van der Waals surface area (Å²) < 4.78 is 6.94. The number of nitrogens with one attached hydrogen (secondary N) is 1. The molecule has 3 rings (SSSR count). The quantitative estimate of drug-likeness (QED) is 0.735. The van der Waals surface area contributed by atoms with Gasteiger partial charge in [0, 0.05) is 6.07 Å². The number of rotatable bonds is 5. The minimum atomic E-state index is -0.363. The van der Waals surface area contributed by atoms with E-state index in [0.717, 1.165) is 11.3 Å². The minimum absolute atomic E-state index is 0.363. The van der Waals surface area contributed by atoms with Crippen molar-refractivity contribution in [2.45, 2.75) is 13.8 Å². The molecule has 0 spiro atoms. The van der Waals surface area contributed by atoms with E-state index < -0.39 is 0 Å². The summed E-state index contributed by atoms with van der Waals surface area (Å²) in [6.45, 7) is 4.19. The predicted octanol–water partition coefficient (Wildman–Crippen LogP) is 3.12. The van der Waals surface area contributed by atoms with E-state index in [1.165, 1.54) is 0 Å². The summed E-state index contributed by atoms with van der Waals surface area (Å²) in [5, 5.41) is 4.49. The summed E-state index contributed by atoms with van der Waals surface area (Å²) >= 11 is 0. The summed E-state index contributed by atoms with van der Waals surface area (Å²) in [7, 11) is 0. The number of hydrogen-bond acceptors (Lipinski definition) is 4. The van der Waals surface area contributed by atoms with Crippen LogP contribution in [0, 0.1) is 6.92 Å². The average molecular weight is 311 g/mol. The molecular formula is C17H17N3O3. The Kier molecular flexibility index (Phi) is 4.25. The number of furan rings is 1. The third kappa shape index (κ3) is 3.17. The van der Waals surface area contributed by atoms with Gasteiger partial charge in [-0.1, -0.05) is 17.7 Å². The van der Waals surface area contributed by atoms with Crippen LogP contribution in [0.25, 0.3) is 17.1 Å². The van der Waals surface area contributed by atoms with Crippen molar-refractivity contribution in [2.24, 2.45) is 0 Å². The molecule has 2 heterocycles. The molecule has 0 bridgehead atoms. The largest absolute Gasteiger partial charge is 0.463 e. The fraction of sp³-hybridized carbons (Fsp3) is 0.176. The SMILES string of the molecule is CCONC(=O)c1cc(-c2ccco2)nn1-c1ccc(C)cc1. The number of aryl methyl sites for hydroxylation is 1. The molecule has 0 aliphatic heterocycles. The standard InChI is InChI=1S/C17H17N3O3/c1-3-23-19-17(21)15-11-14(16-5-4-10-22-16)18-20(15)13-8-6-12(2)7-9-13/h4-11H,3H2,1-2H3,(H,19,21). The first-order valence-electron chi connectivity index (χ1n) is 7.32. The summed E-state index contributed by atoms with van der Waals surface area (Å²) in [6, 6.07) is 13.0. The fourth-order valence-electron chi connectivity index (χ4n) is 2.16. The fourth-order valence-corrected chi connectivity index (χ4v) is 2.16. The van der Waals surface area contributed by atoms with Crippen molar-refractivity contribution in [1.82, 2.24) is 15.3 Å². The van der Waals surface area contributed by atoms with Crippen LogP contribution in [0.2, 0.25) is 0 Å². The predicted molar refractivity (Wildman–Crippen MR) is 85.1 cm³/mol. The molecule has 1 amide bonds. The van der Waals surface area contributed by atoms with Crippen molar-refractivity contribution in [3.8, 4) is 17.1 Å². The Bertz CT molecular complexity index is 789. The number of hydroxylamine groups is 1. The van der Waals surface area contributed by atoms with E-state index >= 15 is 0 Å². The van der Waals surface area contributed by atoms with Gasteiger partial charge in [0.2, 0.25) is 0 Å². The van der Waals surface area contributed by atoms with Crippen LogP contribution in [0.15, 0.2) is 53.1 Å². The van der Waals surface area contributed by atoms with Gasteiger partial charge in [-0.25, -0.2) is 10.2 Å². The molecule has 0 fully saturated rings. The monoisotopic (exact) mass is 311 g/mol. The maximum Gasteiger partial charge on any atom is 0.293 e. The van der Waals surface area contributed by atoms with Crippen molar-refractivity contribution < 1.29 is 14.0 Å². The Morgan fingerprint density at radius 1 is 1.30 bits per heavy atom. The zero-order valence-corrected chi connectivity index (χ0v) is 12.9. The molecule has 6 nitrogen and oxygen atoms in total. The summed E-state index contributed by atoms with van der Waals surface area (Å²) in [5.74, 6) is 0.235. The van der Waals surface area contributed by atoms with Crippen molar-refractivity contribution >= 4 is 5.91 Å². The van der Waals surface area contributed by atoms with Gasteiger partial charge in [0.15, 0.2) is 5.76 Å². The zero-order chi connectivity index (χ0) is 16.2. The van der Waals surface area contributed by atoms with Gasteiger partial charge in [0.1, 0.15) is 11.4 Å². The van der Waals surface area contributed by atoms with E-state index in [4.69, 9.17) is 9.25 Å². The van der Waals surface area contributed by atoms with Crippen LogP contribution < -0.4 is 5.48 Å².